The van der Waals surface area contributed by atoms with Gasteiger partial charge in [0, 0.05) is 11.6 Å². The fraction of sp³-hybridized carbons (Fsp3) is 0.280. The van der Waals surface area contributed by atoms with Crippen LogP contribution in [0, 0.1) is 0 Å². The average Bonchev–Trinajstić information content (AvgIpc) is 3.05. The molecule has 1 aliphatic rings. The van der Waals surface area contributed by atoms with Gasteiger partial charge >= 0.3 is 0 Å². The summed E-state index contributed by atoms with van der Waals surface area (Å²) in [5.41, 5.74) is 1.30. The Labute approximate surface area is 191 Å². The van der Waals surface area contributed by atoms with Crippen LogP contribution in [0.25, 0.3) is 11.0 Å². The Morgan fingerprint density at radius 2 is 1.94 bits per heavy atom. The van der Waals surface area contributed by atoms with Gasteiger partial charge in [-0.25, -0.2) is 0 Å². The summed E-state index contributed by atoms with van der Waals surface area (Å²) in [6, 6.07) is 11.8. The van der Waals surface area contributed by atoms with Crippen LogP contribution in [0.15, 0.2) is 64.3 Å². The fourth-order valence-corrected chi connectivity index (χ4v) is 4.20. The standard InChI is InChI=1S/C25H25ClN2O4/c1-4-14-31-18-9-6-16(7-10-18)22-21-23(29)19-15-17(26)8-11-20(19)32-24(21)25(30)28(22)13-5-12-27(2)3/h4,6-11,15,22H,1,5,12-14H2,2-3H3/t22-/m0/s1. The highest BCUT2D eigenvalue weighted by molar-refractivity contribution is 6.31. The van der Waals surface area contributed by atoms with Gasteiger partial charge in [-0.3, -0.25) is 9.59 Å². The number of halogens is 1. The summed E-state index contributed by atoms with van der Waals surface area (Å²) in [5, 5.41) is 0.812. The molecule has 1 aliphatic heterocycles. The van der Waals surface area contributed by atoms with Gasteiger partial charge in [0.2, 0.25) is 5.76 Å². The summed E-state index contributed by atoms with van der Waals surface area (Å²) in [6.45, 7) is 5.37. The summed E-state index contributed by atoms with van der Waals surface area (Å²) in [5.74, 6) is 0.519. The van der Waals surface area contributed by atoms with E-state index in [2.05, 4.69) is 11.5 Å². The summed E-state index contributed by atoms with van der Waals surface area (Å²) in [6.07, 6.45) is 2.44. The zero-order valence-corrected chi connectivity index (χ0v) is 18.9. The third-order valence-electron chi connectivity index (χ3n) is 5.50. The van der Waals surface area contributed by atoms with Crippen LogP contribution < -0.4 is 10.2 Å². The van der Waals surface area contributed by atoms with Crippen molar-refractivity contribution in [3.63, 3.8) is 0 Å². The van der Waals surface area contributed by atoms with Crippen molar-refractivity contribution in [3.05, 3.63) is 87.3 Å². The van der Waals surface area contributed by atoms with E-state index in [4.69, 9.17) is 20.8 Å². The topological polar surface area (TPSA) is 63.0 Å². The molecule has 0 unspecified atom stereocenters. The van der Waals surface area contributed by atoms with Gasteiger partial charge in [0.25, 0.3) is 5.91 Å². The lowest BCUT2D eigenvalue weighted by Gasteiger charge is -2.26. The molecule has 1 atom stereocenters. The van der Waals surface area contributed by atoms with Crippen molar-refractivity contribution in [1.82, 2.24) is 9.80 Å². The van der Waals surface area contributed by atoms with E-state index in [0.29, 0.717) is 40.5 Å². The van der Waals surface area contributed by atoms with Crippen LogP contribution >= 0.6 is 11.6 Å². The van der Waals surface area contributed by atoms with Gasteiger partial charge in [0.05, 0.1) is 17.0 Å². The second-order valence-electron chi connectivity index (χ2n) is 8.04. The molecule has 0 bridgehead atoms. The smallest absolute Gasteiger partial charge is 0.290 e. The lowest BCUT2D eigenvalue weighted by molar-refractivity contribution is 0.0722. The molecule has 1 aromatic heterocycles. The maximum absolute atomic E-state index is 13.5. The number of hydrogen-bond acceptors (Lipinski definition) is 5. The van der Waals surface area contributed by atoms with Crippen molar-refractivity contribution in [1.29, 1.82) is 0 Å². The van der Waals surface area contributed by atoms with Crippen LogP contribution in [0.3, 0.4) is 0 Å². The first-order valence-electron chi connectivity index (χ1n) is 10.5. The lowest BCUT2D eigenvalue weighted by atomic mass is 9.98. The van der Waals surface area contributed by atoms with Gasteiger partial charge in [-0.2, -0.15) is 0 Å². The first-order chi connectivity index (χ1) is 15.4. The maximum Gasteiger partial charge on any atom is 0.290 e. The van der Waals surface area contributed by atoms with Gasteiger partial charge in [0.1, 0.15) is 17.9 Å². The average molecular weight is 453 g/mol. The predicted octanol–water partition coefficient (Wildman–Crippen LogP) is 4.51. The van der Waals surface area contributed by atoms with Gasteiger partial charge < -0.3 is 19.0 Å². The highest BCUT2D eigenvalue weighted by atomic mass is 35.5. The summed E-state index contributed by atoms with van der Waals surface area (Å²) in [7, 11) is 3.98. The number of carbonyl (C=O) groups excluding carboxylic acids is 1. The van der Waals surface area contributed by atoms with Crippen molar-refractivity contribution in [2.75, 3.05) is 33.8 Å². The molecular weight excluding hydrogens is 428 g/mol. The van der Waals surface area contributed by atoms with Crippen LogP contribution in [-0.4, -0.2) is 49.5 Å². The van der Waals surface area contributed by atoms with Gasteiger partial charge in [-0.1, -0.05) is 36.4 Å². The summed E-state index contributed by atoms with van der Waals surface area (Å²) < 4.78 is 11.5. The van der Waals surface area contributed by atoms with Crippen molar-refractivity contribution >= 4 is 28.5 Å². The van der Waals surface area contributed by atoms with Gasteiger partial charge in [0.15, 0.2) is 5.43 Å². The van der Waals surface area contributed by atoms with E-state index in [1.165, 1.54) is 0 Å². The van der Waals surface area contributed by atoms with Crippen molar-refractivity contribution < 1.29 is 13.9 Å². The lowest BCUT2D eigenvalue weighted by Crippen LogP contribution is -2.32. The minimum atomic E-state index is -0.534. The van der Waals surface area contributed by atoms with Crippen LogP contribution in [0.1, 0.15) is 34.1 Å². The Hall–Kier alpha value is -3.09. The molecule has 0 N–H and O–H groups in total. The zero-order valence-electron chi connectivity index (χ0n) is 18.1. The number of ether oxygens (including phenoxy) is 1. The molecule has 4 rings (SSSR count). The Kier molecular flexibility index (Phi) is 6.35. The summed E-state index contributed by atoms with van der Waals surface area (Å²) in [4.78, 5) is 30.6. The molecule has 32 heavy (non-hydrogen) atoms. The maximum atomic E-state index is 13.5. The molecule has 2 aromatic carbocycles. The highest BCUT2D eigenvalue weighted by Crippen LogP contribution is 2.38. The largest absolute Gasteiger partial charge is 0.490 e. The van der Waals surface area contributed by atoms with E-state index >= 15 is 0 Å². The van der Waals surface area contributed by atoms with E-state index in [1.54, 1.807) is 29.2 Å². The third-order valence-corrected chi connectivity index (χ3v) is 5.73. The minimum absolute atomic E-state index is 0.103. The monoisotopic (exact) mass is 452 g/mol. The molecule has 0 radical (unpaired) electrons. The quantitative estimate of drug-likeness (QED) is 0.470. The fourth-order valence-electron chi connectivity index (χ4n) is 4.03. The van der Waals surface area contributed by atoms with Crippen molar-refractivity contribution in [2.24, 2.45) is 0 Å². The molecule has 0 spiro atoms. The first-order valence-corrected chi connectivity index (χ1v) is 10.8. The number of amides is 1. The second-order valence-corrected chi connectivity index (χ2v) is 8.48. The molecule has 1 amide bonds. The minimum Gasteiger partial charge on any atom is -0.490 e. The van der Waals surface area contributed by atoms with Crippen molar-refractivity contribution in [2.45, 2.75) is 12.5 Å². The first kappa shape index (κ1) is 22.1. The number of nitrogens with zero attached hydrogens (tertiary/aromatic N) is 2. The molecule has 2 heterocycles. The Morgan fingerprint density at radius 1 is 1.19 bits per heavy atom. The third kappa shape index (κ3) is 4.16. The van der Waals surface area contributed by atoms with Crippen LogP contribution in [-0.2, 0) is 0 Å². The van der Waals surface area contributed by atoms with E-state index in [1.807, 2.05) is 38.4 Å². The van der Waals surface area contributed by atoms with Gasteiger partial charge in [-0.15, -0.1) is 0 Å². The molecule has 0 saturated heterocycles. The van der Waals surface area contributed by atoms with Crippen LogP contribution in [0.4, 0.5) is 0 Å². The highest BCUT2D eigenvalue weighted by Gasteiger charge is 2.42. The molecular formula is C25H25ClN2O4. The van der Waals surface area contributed by atoms with E-state index in [9.17, 15) is 9.59 Å². The molecule has 0 aliphatic carbocycles. The van der Waals surface area contributed by atoms with Gasteiger partial charge in [-0.05, 0) is 63.0 Å². The summed E-state index contributed by atoms with van der Waals surface area (Å²) >= 11 is 6.13. The molecule has 0 fully saturated rings. The number of carbonyl (C=O) groups is 1. The Bertz CT molecular complexity index is 1220. The van der Waals surface area contributed by atoms with E-state index < -0.39 is 6.04 Å². The molecule has 0 saturated carbocycles. The molecule has 6 nitrogen and oxygen atoms in total. The SMILES string of the molecule is C=CCOc1ccc([C@H]2c3c(oc4ccc(Cl)cc4c3=O)C(=O)N2CCCN(C)C)cc1. The Balaban J connectivity index is 1.81. The second kappa shape index (κ2) is 9.18. The number of fused-ring (bicyclic) bond motifs is 2. The zero-order chi connectivity index (χ0) is 22.8. The molecule has 166 valence electrons. The predicted molar refractivity (Wildman–Crippen MR) is 126 cm³/mol. The number of benzene rings is 2. The number of hydrogen-bond donors (Lipinski definition) is 0. The number of rotatable bonds is 8. The van der Waals surface area contributed by atoms with Crippen LogP contribution in [0.2, 0.25) is 5.02 Å². The molecule has 7 heteroatoms. The van der Waals surface area contributed by atoms with E-state index in [0.717, 1.165) is 18.5 Å². The Morgan fingerprint density at radius 3 is 2.62 bits per heavy atom. The normalized spacial score (nSPS) is 15.4. The van der Waals surface area contributed by atoms with E-state index in [-0.39, 0.29) is 17.1 Å². The van der Waals surface area contributed by atoms with Crippen LogP contribution in [0.5, 0.6) is 5.75 Å². The van der Waals surface area contributed by atoms with Crippen molar-refractivity contribution in [3.8, 4) is 5.75 Å². The molecule has 3 aromatic rings.